The Kier molecular flexibility index (Phi) is 17.2. The van der Waals surface area contributed by atoms with Crippen molar-refractivity contribution in [2.75, 3.05) is 6.61 Å². The molecular formula is C34H46O7. The molecule has 0 amide bonds. The minimum absolute atomic E-state index is 0.199. The monoisotopic (exact) mass is 566 g/mol. The highest BCUT2D eigenvalue weighted by Gasteiger charge is 2.28. The molecule has 1 N–H and O–H groups in total. The van der Waals surface area contributed by atoms with Gasteiger partial charge in [0.05, 0.1) is 0 Å². The van der Waals surface area contributed by atoms with Gasteiger partial charge in [0.25, 0.3) is 0 Å². The number of benzene rings is 2. The van der Waals surface area contributed by atoms with Crippen LogP contribution in [0, 0.1) is 0 Å². The van der Waals surface area contributed by atoms with Crippen LogP contribution in [-0.4, -0.2) is 41.1 Å². The summed E-state index contributed by atoms with van der Waals surface area (Å²) in [6, 6.07) is 14.6. The number of esters is 2. The average molecular weight is 567 g/mol. The minimum Gasteiger partial charge on any atom is -0.508 e. The highest BCUT2D eigenvalue weighted by atomic mass is 16.7. The van der Waals surface area contributed by atoms with E-state index in [2.05, 4.69) is 26.3 Å². The third-order valence-electron chi connectivity index (χ3n) is 5.36. The smallest absolute Gasteiger partial charge is 0.330 e. The molecule has 2 rings (SSSR count). The van der Waals surface area contributed by atoms with Crippen molar-refractivity contribution in [1.82, 2.24) is 0 Å². The summed E-state index contributed by atoms with van der Waals surface area (Å²) in [4.78, 5) is 22.3. The Labute approximate surface area is 245 Å². The molecule has 0 saturated heterocycles. The fraction of sp³-hybridized carbons (Fsp3) is 0.353. The van der Waals surface area contributed by atoms with Crippen molar-refractivity contribution in [3.63, 3.8) is 0 Å². The first-order valence-electron chi connectivity index (χ1n) is 13.3. The summed E-state index contributed by atoms with van der Waals surface area (Å²) >= 11 is 0. The molecule has 0 aromatic heterocycles. The van der Waals surface area contributed by atoms with Gasteiger partial charge in [-0.1, -0.05) is 62.7 Å². The SMILES string of the molecule is C=CC(=O)OC(C)(C)CCC(C)(C)OC(=O)C=C.C=Cc1ccc(O)cc1.C=Cc1ccc(OC(C)OCC)cc1. The molecule has 0 bridgehead atoms. The molecule has 0 fully saturated rings. The van der Waals surface area contributed by atoms with E-state index in [1.807, 2.05) is 50.2 Å². The van der Waals surface area contributed by atoms with Crippen LogP contribution in [0.3, 0.4) is 0 Å². The summed E-state index contributed by atoms with van der Waals surface area (Å²) < 4.78 is 21.1. The van der Waals surface area contributed by atoms with Crippen LogP contribution in [0.1, 0.15) is 65.5 Å². The maximum atomic E-state index is 11.1. The lowest BCUT2D eigenvalue weighted by atomic mass is 9.93. The van der Waals surface area contributed by atoms with E-state index in [1.54, 1.807) is 52.0 Å². The maximum Gasteiger partial charge on any atom is 0.330 e. The molecule has 1 unspecified atom stereocenters. The first kappa shape index (κ1) is 36.9. The second-order valence-corrected chi connectivity index (χ2v) is 9.98. The zero-order valence-corrected chi connectivity index (χ0v) is 25.4. The van der Waals surface area contributed by atoms with E-state index in [0.29, 0.717) is 25.2 Å². The number of rotatable bonds is 13. The Balaban J connectivity index is 0.000000616. The number of ether oxygens (including phenoxy) is 4. The van der Waals surface area contributed by atoms with Crippen molar-refractivity contribution >= 4 is 24.1 Å². The number of hydrogen-bond acceptors (Lipinski definition) is 7. The Morgan fingerprint density at radius 1 is 0.780 bits per heavy atom. The molecule has 7 nitrogen and oxygen atoms in total. The molecule has 0 radical (unpaired) electrons. The van der Waals surface area contributed by atoms with Gasteiger partial charge in [-0.3, -0.25) is 0 Å². The van der Waals surface area contributed by atoms with Crippen LogP contribution in [-0.2, 0) is 23.8 Å². The quantitative estimate of drug-likeness (QED) is 0.150. The summed E-state index contributed by atoms with van der Waals surface area (Å²) in [5, 5.41) is 8.82. The molecular weight excluding hydrogens is 520 g/mol. The molecule has 0 aliphatic heterocycles. The standard InChI is InChI=1S/C14H22O4.C12H16O2.C8H8O/c1-7-11(15)17-13(3,4)9-10-14(5,6)18-12(16)8-2;1-4-11-6-8-12(9-7-11)14-10(3)13-5-2;1-2-7-3-5-8(9)6-4-7/h7-8H,1-2,9-10H2,3-6H3;4,6-10H,1,5H2,2-3H3;2-6,9H,1H2. The van der Waals surface area contributed by atoms with Crippen molar-refractivity contribution in [2.24, 2.45) is 0 Å². The topological polar surface area (TPSA) is 91.3 Å². The second-order valence-electron chi connectivity index (χ2n) is 9.98. The third-order valence-corrected chi connectivity index (χ3v) is 5.36. The summed E-state index contributed by atoms with van der Waals surface area (Å²) in [5.41, 5.74) is 0.862. The Bertz CT molecular complexity index is 1060. The molecule has 41 heavy (non-hydrogen) atoms. The number of phenolic OH excluding ortho intramolecular Hbond substituents is 1. The van der Waals surface area contributed by atoms with Crippen LogP contribution in [0.4, 0.5) is 0 Å². The molecule has 0 saturated carbocycles. The highest BCUT2D eigenvalue weighted by Crippen LogP contribution is 2.25. The molecule has 1 atom stereocenters. The van der Waals surface area contributed by atoms with Crippen LogP contribution in [0.5, 0.6) is 11.5 Å². The Morgan fingerprint density at radius 2 is 1.17 bits per heavy atom. The van der Waals surface area contributed by atoms with Crippen molar-refractivity contribution in [3.05, 3.63) is 98.1 Å². The molecule has 0 heterocycles. The van der Waals surface area contributed by atoms with Crippen LogP contribution in [0.25, 0.3) is 12.2 Å². The number of aromatic hydroxyl groups is 1. The Morgan fingerprint density at radius 3 is 1.51 bits per heavy atom. The molecule has 0 aliphatic carbocycles. The van der Waals surface area contributed by atoms with Gasteiger partial charge in [-0.05, 0) is 89.8 Å². The predicted molar refractivity (Wildman–Crippen MR) is 166 cm³/mol. The molecule has 2 aromatic rings. The molecule has 224 valence electrons. The predicted octanol–water partition coefficient (Wildman–Crippen LogP) is 7.91. The van der Waals surface area contributed by atoms with E-state index >= 15 is 0 Å². The zero-order valence-electron chi connectivity index (χ0n) is 25.4. The van der Waals surface area contributed by atoms with Gasteiger partial charge in [0.2, 0.25) is 0 Å². The van der Waals surface area contributed by atoms with Gasteiger partial charge >= 0.3 is 11.9 Å². The van der Waals surface area contributed by atoms with Gasteiger partial charge in [-0.2, -0.15) is 0 Å². The highest BCUT2D eigenvalue weighted by molar-refractivity contribution is 5.82. The first-order valence-corrected chi connectivity index (χ1v) is 13.3. The summed E-state index contributed by atoms with van der Waals surface area (Å²) in [6.07, 6.45) is 6.74. The Hall–Kier alpha value is -4.10. The fourth-order valence-electron chi connectivity index (χ4n) is 3.09. The van der Waals surface area contributed by atoms with Crippen LogP contribution in [0.2, 0.25) is 0 Å². The summed E-state index contributed by atoms with van der Waals surface area (Å²) in [5.74, 6) is 0.193. The van der Waals surface area contributed by atoms with Gasteiger partial charge in [-0.15, -0.1) is 0 Å². The minimum atomic E-state index is -0.622. The van der Waals surface area contributed by atoms with Crippen molar-refractivity contribution in [3.8, 4) is 11.5 Å². The lowest BCUT2D eigenvalue weighted by Crippen LogP contribution is -2.33. The fourth-order valence-corrected chi connectivity index (χ4v) is 3.09. The number of hydrogen-bond donors (Lipinski definition) is 1. The van der Waals surface area contributed by atoms with Gasteiger partial charge in [0, 0.05) is 18.8 Å². The van der Waals surface area contributed by atoms with Gasteiger partial charge in [-0.25, -0.2) is 9.59 Å². The van der Waals surface area contributed by atoms with Crippen molar-refractivity contribution in [2.45, 2.75) is 71.9 Å². The maximum absolute atomic E-state index is 11.1. The van der Waals surface area contributed by atoms with E-state index in [1.165, 1.54) is 0 Å². The largest absolute Gasteiger partial charge is 0.508 e. The zero-order chi connectivity index (χ0) is 31.5. The molecule has 2 aromatic carbocycles. The van der Waals surface area contributed by atoms with Gasteiger partial charge in [0.1, 0.15) is 22.7 Å². The third kappa shape index (κ3) is 18.0. The number of carbonyl (C=O) groups excluding carboxylic acids is 2. The van der Waals surface area contributed by atoms with Crippen molar-refractivity contribution in [1.29, 1.82) is 0 Å². The lowest BCUT2D eigenvalue weighted by molar-refractivity contribution is -0.157. The van der Waals surface area contributed by atoms with E-state index in [-0.39, 0.29) is 6.29 Å². The lowest BCUT2D eigenvalue weighted by Gasteiger charge is -2.30. The van der Waals surface area contributed by atoms with E-state index in [0.717, 1.165) is 29.0 Å². The normalized spacial score (nSPS) is 11.2. The van der Waals surface area contributed by atoms with Crippen molar-refractivity contribution < 1.29 is 33.6 Å². The van der Waals surface area contributed by atoms with E-state index < -0.39 is 23.1 Å². The summed E-state index contributed by atoms with van der Waals surface area (Å²) in [6.45, 7) is 25.7. The molecule has 0 spiro atoms. The van der Waals surface area contributed by atoms with E-state index in [9.17, 15) is 9.59 Å². The van der Waals surface area contributed by atoms with Gasteiger partial charge in [0.15, 0.2) is 6.29 Å². The number of phenols is 1. The second kappa shape index (κ2) is 19.1. The average Bonchev–Trinajstić information content (AvgIpc) is 2.93. The molecule has 0 aliphatic rings. The van der Waals surface area contributed by atoms with Gasteiger partial charge < -0.3 is 24.1 Å². The molecule has 7 heteroatoms. The van der Waals surface area contributed by atoms with Crippen LogP contribution < -0.4 is 4.74 Å². The first-order chi connectivity index (χ1) is 19.2. The summed E-state index contributed by atoms with van der Waals surface area (Å²) in [7, 11) is 0. The van der Waals surface area contributed by atoms with Crippen LogP contribution in [0.15, 0.2) is 87.0 Å². The number of carbonyl (C=O) groups is 2. The van der Waals surface area contributed by atoms with E-state index in [4.69, 9.17) is 24.1 Å². The van der Waals surface area contributed by atoms with Crippen LogP contribution >= 0.6 is 0 Å².